The molecule has 3 atom stereocenters. The first kappa shape index (κ1) is 27.6. The van der Waals surface area contributed by atoms with Crippen molar-refractivity contribution in [2.75, 3.05) is 43.0 Å². The highest BCUT2D eigenvalue weighted by Crippen LogP contribution is 2.32. The molecule has 0 unspecified atom stereocenters. The average Bonchev–Trinajstić information content (AvgIpc) is 3.20. The van der Waals surface area contributed by atoms with Crippen molar-refractivity contribution >= 4 is 17.5 Å². The van der Waals surface area contributed by atoms with Gasteiger partial charge >= 0.3 is 12.4 Å². The Labute approximate surface area is 210 Å². The first-order chi connectivity index (χ1) is 17.9. The normalized spacial score (nSPS) is 22.7. The summed E-state index contributed by atoms with van der Waals surface area (Å²) in [5, 5.41) is 18.2. The van der Waals surface area contributed by atoms with E-state index >= 15 is 0 Å². The van der Waals surface area contributed by atoms with Crippen molar-refractivity contribution in [2.45, 2.75) is 43.4 Å². The summed E-state index contributed by atoms with van der Waals surface area (Å²) < 4.78 is 83.0. The Hall–Kier alpha value is -3.47. The highest BCUT2D eigenvalue weighted by atomic mass is 19.4. The lowest BCUT2D eigenvalue weighted by atomic mass is 10.0. The Bertz CT molecular complexity index is 1190. The molecule has 2 aliphatic rings. The molecular weight excluding hydrogens is 528 g/mol. The maximum absolute atomic E-state index is 13.1. The molecule has 2 fully saturated rings. The summed E-state index contributed by atoms with van der Waals surface area (Å²) in [6.45, 7) is 0.303. The van der Waals surface area contributed by atoms with Gasteiger partial charge < -0.3 is 25.0 Å². The van der Waals surface area contributed by atoms with Crippen molar-refractivity contribution < 1.29 is 41.0 Å². The van der Waals surface area contributed by atoms with Crippen LogP contribution >= 0.6 is 0 Å². The second-order valence-electron chi connectivity index (χ2n) is 8.73. The quantitative estimate of drug-likeness (QED) is 0.343. The van der Waals surface area contributed by atoms with Gasteiger partial charge in [0.1, 0.15) is 11.7 Å². The van der Waals surface area contributed by atoms with Crippen LogP contribution in [0.25, 0.3) is 0 Å². The molecule has 11 nitrogen and oxygen atoms in total. The van der Waals surface area contributed by atoms with E-state index in [0.717, 1.165) is 6.20 Å². The minimum Gasteiger partial charge on any atom is -0.389 e. The predicted molar refractivity (Wildman–Crippen MR) is 118 cm³/mol. The molecule has 0 saturated carbocycles. The lowest BCUT2D eigenvalue weighted by Crippen LogP contribution is -2.55. The maximum Gasteiger partial charge on any atom is 0.423 e. The van der Waals surface area contributed by atoms with Crippen LogP contribution in [0.4, 0.5) is 38.0 Å². The first-order valence-corrected chi connectivity index (χ1v) is 11.5. The van der Waals surface area contributed by atoms with Gasteiger partial charge in [0.15, 0.2) is 0 Å². The van der Waals surface area contributed by atoms with Crippen molar-refractivity contribution in [3.05, 3.63) is 40.1 Å². The van der Waals surface area contributed by atoms with E-state index in [1.54, 1.807) is 5.10 Å². The summed E-state index contributed by atoms with van der Waals surface area (Å²) in [4.78, 5) is 34.8. The van der Waals surface area contributed by atoms with E-state index in [2.05, 4.69) is 20.4 Å². The van der Waals surface area contributed by atoms with Crippen LogP contribution in [0.1, 0.15) is 24.0 Å². The van der Waals surface area contributed by atoms with E-state index in [9.17, 15) is 41.0 Å². The Morgan fingerprint density at radius 2 is 1.76 bits per heavy atom. The van der Waals surface area contributed by atoms with Crippen molar-refractivity contribution in [1.82, 2.24) is 25.1 Å². The van der Waals surface area contributed by atoms with Crippen LogP contribution in [0.3, 0.4) is 0 Å². The molecule has 208 valence electrons. The fraction of sp³-hybridized carbons (Fsp3) is 0.571. The molecule has 38 heavy (non-hydrogen) atoms. The molecule has 0 aromatic carbocycles. The zero-order valence-corrected chi connectivity index (χ0v) is 19.6. The second-order valence-corrected chi connectivity index (χ2v) is 8.73. The molecule has 3 N–H and O–H groups in total. The number of aromatic nitrogens is 4. The average molecular weight is 551 g/mol. The van der Waals surface area contributed by atoms with E-state index in [4.69, 9.17) is 4.74 Å². The third-order valence-corrected chi connectivity index (χ3v) is 6.26. The van der Waals surface area contributed by atoms with Crippen LogP contribution in [0.5, 0.6) is 0 Å². The molecule has 4 heterocycles. The van der Waals surface area contributed by atoms with Crippen LogP contribution < -0.4 is 15.8 Å². The van der Waals surface area contributed by atoms with Gasteiger partial charge in [0.25, 0.3) is 11.5 Å². The number of β-amino-alcohol motifs (C(OH)–C–C–N with tert-alkyl or cyclic N) is 1. The Morgan fingerprint density at radius 1 is 1.05 bits per heavy atom. The Kier molecular flexibility index (Phi) is 7.78. The molecule has 2 aromatic rings. The van der Waals surface area contributed by atoms with Gasteiger partial charge in [-0.2, -0.15) is 31.4 Å². The van der Waals surface area contributed by atoms with Gasteiger partial charge in [0.2, 0.25) is 5.95 Å². The number of likely N-dealkylation sites (tertiary alicyclic amines) is 1. The topological polar surface area (TPSA) is 137 Å². The Balaban J connectivity index is 1.27. The van der Waals surface area contributed by atoms with Crippen molar-refractivity contribution in [3.63, 3.8) is 0 Å². The largest absolute Gasteiger partial charge is 0.423 e. The number of anilines is 2. The van der Waals surface area contributed by atoms with Gasteiger partial charge in [-0.1, -0.05) is 0 Å². The van der Waals surface area contributed by atoms with Gasteiger partial charge in [-0.3, -0.25) is 9.59 Å². The minimum absolute atomic E-state index is 0.00103. The molecule has 0 spiro atoms. The van der Waals surface area contributed by atoms with Gasteiger partial charge in [-0.15, -0.1) is 0 Å². The van der Waals surface area contributed by atoms with E-state index < -0.39 is 53.0 Å². The number of aromatic amines is 1. The van der Waals surface area contributed by atoms with Crippen molar-refractivity contribution in [1.29, 1.82) is 0 Å². The molecule has 4 rings (SSSR count). The molecule has 2 saturated heterocycles. The number of halogens is 6. The van der Waals surface area contributed by atoms with E-state index in [1.807, 2.05) is 0 Å². The SMILES string of the molecule is O=C1[C@H](OCCNc2cn[nH]c(=O)c2C(F)(F)F)CCN1[C@H]1CCN(c2ncc(C(F)(F)F)cn2)C[C@H]1O. The van der Waals surface area contributed by atoms with Gasteiger partial charge in [-0.05, 0) is 6.42 Å². The number of carbonyl (C=O) groups is 1. The maximum atomic E-state index is 13.1. The van der Waals surface area contributed by atoms with Crippen molar-refractivity contribution in [2.24, 2.45) is 0 Å². The fourth-order valence-corrected chi connectivity index (χ4v) is 4.45. The third-order valence-electron chi connectivity index (χ3n) is 6.26. The van der Waals surface area contributed by atoms with Gasteiger partial charge in [0, 0.05) is 45.0 Å². The molecule has 1 amide bonds. The molecule has 0 aliphatic carbocycles. The third kappa shape index (κ3) is 5.98. The summed E-state index contributed by atoms with van der Waals surface area (Å²) >= 11 is 0. The summed E-state index contributed by atoms with van der Waals surface area (Å²) in [5.41, 5.74) is -4.32. The molecule has 17 heteroatoms. The number of H-pyrrole nitrogens is 1. The van der Waals surface area contributed by atoms with Gasteiger partial charge in [0.05, 0.1) is 36.2 Å². The van der Waals surface area contributed by atoms with Crippen LogP contribution in [0.2, 0.25) is 0 Å². The number of hydrogen-bond donors (Lipinski definition) is 3. The summed E-state index contributed by atoms with van der Waals surface area (Å²) in [7, 11) is 0. The number of alkyl halides is 6. The standard InChI is InChI=1S/C21H23F6N7O4/c22-20(23,24)11-7-29-19(30-8-11)33-4-1-13(14(35)10-33)34-5-2-15(18(34)37)38-6-3-28-12-9-31-32-17(36)16(12)21(25,26)27/h7-9,13-15,35H,1-6,10H2,(H2,28,32,36)/t13-,14+,15+/m0/s1. The molecule has 2 aliphatic heterocycles. The zero-order valence-electron chi connectivity index (χ0n) is 19.6. The number of nitrogens with one attached hydrogen (secondary N) is 2. The van der Waals surface area contributed by atoms with E-state index in [1.165, 1.54) is 9.80 Å². The van der Waals surface area contributed by atoms with Crippen molar-refractivity contribution in [3.8, 4) is 0 Å². The lowest BCUT2D eigenvalue weighted by Gasteiger charge is -2.40. The number of hydrogen-bond acceptors (Lipinski definition) is 9. The monoisotopic (exact) mass is 551 g/mol. The smallest absolute Gasteiger partial charge is 0.389 e. The minimum atomic E-state index is -4.89. The van der Waals surface area contributed by atoms with E-state index in [-0.39, 0.29) is 44.6 Å². The highest BCUT2D eigenvalue weighted by molar-refractivity contribution is 5.83. The number of piperidine rings is 1. The van der Waals surface area contributed by atoms with Gasteiger partial charge in [-0.25, -0.2) is 15.1 Å². The summed E-state index contributed by atoms with van der Waals surface area (Å²) in [6, 6.07) is -0.559. The zero-order chi connectivity index (χ0) is 27.7. The van der Waals surface area contributed by atoms with Crippen LogP contribution in [0.15, 0.2) is 23.4 Å². The molecular formula is C21H23F6N7O4. The van der Waals surface area contributed by atoms with Crippen LogP contribution in [0, 0.1) is 0 Å². The van der Waals surface area contributed by atoms with Crippen LogP contribution in [-0.2, 0) is 21.9 Å². The number of aliphatic hydroxyl groups is 1. The number of carbonyl (C=O) groups excluding carboxylic acids is 1. The summed E-state index contributed by atoms with van der Waals surface area (Å²) in [5.74, 6) is -0.358. The highest BCUT2D eigenvalue weighted by Gasteiger charge is 2.42. The second kappa shape index (κ2) is 10.7. The number of nitrogens with zero attached hydrogens (tertiary/aromatic N) is 5. The number of rotatable bonds is 7. The number of aliphatic hydroxyl groups excluding tert-OH is 1. The first-order valence-electron chi connectivity index (χ1n) is 11.5. The predicted octanol–water partition coefficient (Wildman–Crippen LogP) is 1.27. The van der Waals surface area contributed by atoms with Crippen LogP contribution in [-0.4, -0.2) is 87.1 Å². The Morgan fingerprint density at radius 3 is 2.39 bits per heavy atom. The summed E-state index contributed by atoms with van der Waals surface area (Å²) in [6.07, 6.45) is -8.58. The lowest BCUT2D eigenvalue weighted by molar-refractivity contribution is -0.141. The molecule has 0 bridgehead atoms. The molecule has 2 aromatic heterocycles. The van der Waals surface area contributed by atoms with E-state index in [0.29, 0.717) is 25.2 Å². The number of amides is 1. The molecule has 0 radical (unpaired) electrons. The fourth-order valence-electron chi connectivity index (χ4n) is 4.45. The number of ether oxygens (including phenoxy) is 1.